The molecule has 1 aromatic carbocycles. The van der Waals surface area contributed by atoms with E-state index < -0.39 is 11.9 Å². The van der Waals surface area contributed by atoms with Crippen LogP contribution in [0.15, 0.2) is 18.2 Å². The molecule has 0 amide bonds. The lowest BCUT2D eigenvalue weighted by Crippen LogP contribution is -2.09. The topological polar surface area (TPSA) is 46.6 Å². The van der Waals surface area contributed by atoms with Gasteiger partial charge < -0.3 is 9.64 Å². The van der Waals surface area contributed by atoms with E-state index in [1.165, 1.54) is 0 Å². The van der Waals surface area contributed by atoms with E-state index in [1.54, 1.807) is 18.2 Å². The van der Waals surface area contributed by atoms with Gasteiger partial charge in [0.15, 0.2) is 0 Å². The molecule has 0 aliphatic carbocycles. The van der Waals surface area contributed by atoms with Crippen LogP contribution >= 0.6 is 0 Å². The Kier molecular flexibility index (Phi) is 1.77. The number of carbonyl (C=O) groups is 2. The van der Waals surface area contributed by atoms with Crippen LogP contribution in [-0.4, -0.2) is 26.0 Å². The molecule has 0 bridgehead atoms. The molecule has 0 spiro atoms. The second-order valence-electron chi connectivity index (χ2n) is 3.30. The van der Waals surface area contributed by atoms with E-state index in [2.05, 4.69) is 4.74 Å². The maximum absolute atomic E-state index is 11.2. The van der Waals surface area contributed by atoms with E-state index in [1.807, 2.05) is 19.0 Å². The molecule has 0 fully saturated rings. The van der Waals surface area contributed by atoms with Crippen molar-refractivity contribution in [1.82, 2.24) is 0 Å². The average Bonchev–Trinajstić information content (AvgIpc) is 2.42. The zero-order chi connectivity index (χ0) is 10.3. The van der Waals surface area contributed by atoms with E-state index >= 15 is 0 Å². The summed E-state index contributed by atoms with van der Waals surface area (Å²) < 4.78 is 4.47. The lowest BCUT2D eigenvalue weighted by molar-refractivity contribution is 0.0444. The van der Waals surface area contributed by atoms with E-state index in [4.69, 9.17) is 0 Å². The first kappa shape index (κ1) is 8.74. The molecule has 0 saturated carbocycles. The van der Waals surface area contributed by atoms with Crippen molar-refractivity contribution in [3.8, 4) is 0 Å². The predicted molar refractivity (Wildman–Crippen MR) is 50.5 cm³/mol. The van der Waals surface area contributed by atoms with E-state index in [9.17, 15) is 9.59 Å². The Balaban J connectivity index is 2.55. The minimum Gasteiger partial charge on any atom is -0.386 e. The molecule has 1 aliphatic rings. The number of ether oxygens (including phenoxy) is 1. The fourth-order valence-electron chi connectivity index (χ4n) is 1.35. The Morgan fingerprint density at radius 1 is 1.07 bits per heavy atom. The lowest BCUT2D eigenvalue weighted by Gasteiger charge is -2.11. The van der Waals surface area contributed by atoms with Crippen LogP contribution in [0.2, 0.25) is 0 Å². The SMILES string of the molecule is CN(C)c1ccc2c(c1)C(=O)OC2=O. The summed E-state index contributed by atoms with van der Waals surface area (Å²) in [5.74, 6) is -1.12. The third kappa shape index (κ3) is 1.16. The highest BCUT2D eigenvalue weighted by Gasteiger charge is 2.29. The van der Waals surface area contributed by atoms with Gasteiger partial charge in [-0.05, 0) is 18.2 Å². The molecule has 72 valence electrons. The van der Waals surface area contributed by atoms with Crippen LogP contribution in [0.1, 0.15) is 20.7 Å². The smallest absolute Gasteiger partial charge is 0.346 e. The number of benzene rings is 1. The van der Waals surface area contributed by atoms with Crippen LogP contribution in [-0.2, 0) is 4.74 Å². The summed E-state index contributed by atoms with van der Waals surface area (Å²) in [5, 5.41) is 0. The molecule has 1 aromatic rings. The summed E-state index contributed by atoms with van der Waals surface area (Å²) in [6, 6.07) is 5.04. The number of hydrogen-bond donors (Lipinski definition) is 0. The monoisotopic (exact) mass is 191 g/mol. The van der Waals surface area contributed by atoms with Crippen LogP contribution < -0.4 is 4.90 Å². The molecular weight excluding hydrogens is 182 g/mol. The predicted octanol–water partition coefficient (Wildman–Crippen LogP) is 1.06. The van der Waals surface area contributed by atoms with Gasteiger partial charge in [0.1, 0.15) is 0 Å². The van der Waals surface area contributed by atoms with E-state index in [-0.39, 0.29) is 0 Å². The summed E-state index contributed by atoms with van der Waals surface area (Å²) in [7, 11) is 3.73. The number of rotatable bonds is 1. The Bertz CT molecular complexity index is 423. The van der Waals surface area contributed by atoms with Gasteiger partial charge in [-0.3, -0.25) is 0 Å². The molecule has 1 aliphatic heterocycles. The quantitative estimate of drug-likeness (QED) is 0.492. The van der Waals surface area contributed by atoms with Gasteiger partial charge in [0.25, 0.3) is 0 Å². The van der Waals surface area contributed by atoms with Crippen molar-refractivity contribution in [2.45, 2.75) is 0 Å². The summed E-state index contributed by atoms with van der Waals surface area (Å²) in [6.07, 6.45) is 0. The van der Waals surface area contributed by atoms with Gasteiger partial charge in [0, 0.05) is 19.8 Å². The second-order valence-corrected chi connectivity index (χ2v) is 3.30. The van der Waals surface area contributed by atoms with Crippen LogP contribution in [0.5, 0.6) is 0 Å². The van der Waals surface area contributed by atoms with Crippen LogP contribution in [0.25, 0.3) is 0 Å². The molecule has 0 saturated heterocycles. The number of carbonyl (C=O) groups excluding carboxylic acids is 2. The van der Waals surface area contributed by atoms with Gasteiger partial charge in [-0.25, -0.2) is 9.59 Å². The number of anilines is 1. The molecular formula is C10H9NO3. The van der Waals surface area contributed by atoms with Crippen LogP contribution in [0, 0.1) is 0 Å². The summed E-state index contributed by atoms with van der Waals surface area (Å²) in [5.41, 5.74) is 1.57. The first-order valence-corrected chi connectivity index (χ1v) is 4.17. The highest BCUT2D eigenvalue weighted by atomic mass is 16.6. The number of fused-ring (bicyclic) bond motifs is 1. The molecule has 2 rings (SSSR count). The Morgan fingerprint density at radius 3 is 2.36 bits per heavy atom. The maximum atomic E-state index is 11.2. The van der Waals surface area contributed by atoms with E-state index in [0.29, 0.717) is 11.1 Å². The molecule has 14 heavy (non-hydrogen) atoms. The normalized spacial score (nSPS) is 13.9. The van der Waals surface area contributed by atoms with Crippen molar-refractivity contribution in [1.29, 1.82) is 0 Å². The van der Waals surface area contributed by atoms with Crippen molar-refractivity contribution < 1.29 is 14.3 Å². The minimum absolute atomic E-state index is 0.348. The highest BCUT2D eigenvalue weighted by molar-refractivity contribution is 6.15. The van der Waals surface area contributed by atoms with Gasteiger partial charge in [0.2, 0.25) is 0 Å². The van der Waals surface area contributed by atoms with Gasteiger partial charge in [-0.2, -0.15) is 0 Å². The first-order valence-electron chi connectivity index (χ1n) is 4.17. The van der Waals surface area contributed by atoms with E-state index in [0.717, 1.165) is 5.69 Å². The molecule has 4 nitrogen and oxygen atoms in total. The summed E-state index contributed by atoms with van der Waals surface area (Å²) in [6.45, 7) is 0. The highest BCUT2D eigenvalue weighted by Crippen LogP contribution is 2.24. The van der Waals surface area contributed by atoms with Crippen LogP contribution in [0.4, 0.5) is 5.69 Å². The lowest BCUT2D eigenvalue weighted by atomic mass is 10.1. The fourth-order valence-corrected chi connectivity index (χ4v) is 1.35. The summed E-state index contributed by atoms with van der Waals surface area (Å²) in [4.78, 5) is 24.1. The Labute approximate surface area is 81.1 Å². The third-order valence-corrected chi connectivity index (χ3v) is 2.14. The van der Waals surface area contributed by atoms with Crippen LogP contribution in [0.3, 0.4) is 0 Å². The second kappa shape index (κ2) is 2.83. The maximum Gasteiger partial charge on any atom is 0.346 e. The number of cyclic esters (lactones) is 2. The largest absolute Gasteiger partial charge is 0.386 e. The van der Waals surface area contributed by atoms with Crippen molar-refractivity contribution >= 4 is 17.6 Å². The number of esters is 2. The zero-order valence-corrected chi connectivity index (χ0v) is 7.90. The van der Waals surface area contributed by atoms with Gasteiger partial charge in [0.05, 0.1) is 11.1 Å². The number of nitrogens with zero attached hydrogens (tertiary/aromatic N) is 1. The third-order valence-electron chi connectivity index (χ3n) is 2.14. The minimum atomic E-state index is -0.561. The Hall–Kier alpha value is -1.84. The molecule has 0 radical (unpaired) electrons. The van der Waals surface area contributed by atoms with Crippen molar-refractivity contribution in [2.75, 3.05) is 19.0 Å². The average molecular weight is 191 g/mol. The summed E-state index contributed by atoms with van der Waals surface area (Å²) >= 11 is 0. The fraction of sp³-hybridized carbons (Fsp3) is 0.200. The van der Waals surface area contributed by atoms with Gasteiger partial charge in [-0.1, -0.05) is 0 Å². The Morgan fingerprint density at radius 2 is 1.71 bits per heavy atom. The van der Waals surface area contributed by atoms with Crippen molar-refractivity contribution in [3.63, 3.8) is 0 Å². The molecule has 0 N–H and O–H groups in total. The standard InChI is InChI=1S/C10H9NO3/c1-11(2)6-3-4-7-8(5-6)10(13)14-9(7)12/h3-5H,1-2H3. The molecule has 0 aromatic heterocycles. The first-order chi connectivity index (χ1) is 6.59. The molecule has 4 heteroatoms. The van der Waals surface area contributed by atoms with Crippen molar-refractivity contribution in [2.24, 2.45) is 0 Å². The molecule has 0 atom stereocenters. The van der Waals surface area contributed by atoms with Crippen molar-refractivity contribution in [3.05, 3.63) is 29.3 Å². The zero-order valence-electron chi connectivity index (χ0n) is 7.90. The van der Waals surface area contributed by atoms with Gasteiger partial charge >= 0.3 is 11.9 Å². The number of hydrogen-bond acceptors (Lipinski definition) is 4. The molecule has 1 heterocycles. The van der Waals surface area contributed by atoms with Gasteiger partial charge in [-0.15, -0.1) is 0 Å². The molecule has 0 unspecified atom stereocenters.